The maximum atomic E-state index is 12.5. The minimum atomic E-state index is -0.137. The van der Waals surface area contributed by atoms with Gasteiger partial charge in [-0.3, -0.25) is 14.4 Å². The molecule has 1 heterocycles. The van der Waals surface area contributed by atoms with E-state index in [4.69, 9.17) is 0 Å². The van der Waals surface area contributed by atoms with Gasteiger partial charge < -0.3 is 15.5 Å². The maximum Gasteiger partial charge on any atom is 0.246 e. The number of carbonyl (C=O) groups is 3. The van der Waals surface area contributed by atoms with Gasteiger partial charge in [-0.1, -0.05) is 30.3 Å². The first kappa shape index (κ1) is 20.3. The number of piperidine rings is 1. The van der Waals surface area contributed by atoms with Gasteiger partial charge in [-0.25, -0.2) is 0 Å². The lowest BCUT2D eigenvalue weighted by molar-refractivity contribution is -0.130. The highest BCUT2D eigenvalue weighted by atomic mass is 16.2. The zero-order chi connectivity index (χ0) is 20.6. The largest absolute Gasteiger partial charge is 0.339 e. The highest BCUT2D eigenvalue weighted by Gasteiger charge is 2.26. The Balaban J connectivity index is 1.47. The van der Waals surface area contributed by atoms with Crippen LogP contribution in [0.5, 0.6) is 0 Å². The van der Waals surface area contributed by atoms with Gasteiger partial charge in [-0.2, -0.15) is 0 Å². The van der Waals surface area contributed by atoms with E-state index in [0.29, 0.717) is 37.3 Å². The number of benzene rings is 2. The van der Waals surface area contributed by atoms with E-state index in [9.17, 15) is 14.4 Å². The van der Waals surface area contributed by atoms with E-state index in [0.717, 1.165) is 5.56 Å². The Labute approximate surface area is 170 Å². The molecule has 2 N–H and O–H groups in total. The summed E-state index contributed by atoms with van der Waals surface area (Å²) in [5.74, 6) is -0.320. The third kappa shape index (κ3) is 6.04. The third-order valence-corrected chi connectivity index (χ3v) is 4.87. The van der Waals surface area contributed by atoms with Crippen molar-refractivity contribution in [3.8, 4) is 0 Å². The summed E-state index contributed by atoms with van der Waals surface area (Å²) in [7, 11) is 0. The van der Waals surface area contributed by atoms with Crippen LogP contribution in [0, 0.1) is 5.92 Å². The number of anilines is 2. The Hall–Kier alpha value is -3.41. The maximum absolute atomic E-state index is 12.5. The Bertz CT molecular complexity index is 883. The van der Waals surface area contributed by atoms with E-state index in [1.807, 2.05) is 36.4 Å². The molecule has 0 spiro atoms. The predicted octanol–water partition coefficient (Wildman–Crippen LogP) is 3.54. The summed E-state index contributed by atoms with van der Waals surface area (Å²) in [4.78, 5) is 37.7. The number of amides is 3. The molecule has 2 aromatic rings. The zero-order valence-corrected chi connectivity index (χ0v) is 16.4. The molecule has 3 rings (SSSR count). The van der Waals surface area contributed by atoms with Gasteiger partial charge in [0.1, 0.15) is 0 Å². The van der Waals surface area contributed by atoms with Gasteiger partial charge in [0.15, 0.2) is 0 Å². The molecule has 0 saturated carbocycles. The van der Waals surface area contributed by atoms with Gasteiger partial charge in [0.2, 0.25) is 17.7 Å². The van der Waals surface area contributed by atoms with Crippen molar-refractivity contribution < 1.29 is 14.4 Å². The summed E-state index contributed by atoms with van der Waals surface area (Å²) in [6.45, 7) is 2.58. The Kier molecular flexibility index (Phi) is 6.79. The van der Waals surface area contributed by atoms with Crippen molar-refractivity contribution in [1.82, 2.24) is 4.90 Å². The monoisotopic (exact) mass is 391 g/mol. The molecule has 0 radical (unpaired) electrons. The molecule has 29 heavy (non-hydrogen) atoms. The van der Waals surface area contributed by atoms with Crippen LogP contribution in [0.15, 0.2) is 60.7 Å². The quantitative estimate of drug-likeness (QED) is 0.766. The average molecular weight is 391 g/mol. The Morgan fingerprint density at radius 3 is 2.07 bits per heavy atom. The highest BCUT2D eigenvalue weighted by Crippen LogP contribution is 2.21. The lowest BCUT2D eigenvalue weighted by Crippen LogP contribution is -2.40. The minimum absolute atomic E-state index is 0.0266. The number of nitrogens with zero attached hydrogens (tertiary/aromatic N) is 1. The summed E-state index contributed by atoms with van der Waals surface area (Å²) >= 11 is 0. The normalized spacial score (nSPS) is 14.6. The third-order valence-electron chi connectivity index (χ3n) is 4.87. The summed E-state index contributed by atoms with van der Waals surface area (Å²) in [5.41, 5.74) is 2.36. The lowest BCUT2D eigenvalue weighted by Gasteiger charge is -2.30. The number of carbonyl (C=O) groups excluding carboxylic acids is 3. The summed E-state index contributed by atoms with van der Waals surface area (Å²) in [6, 6.07) is 16.7. The van der Waals surface area contributed by atoms with Gasteiger partial charge >= 0.3 is 0 Å². The van der Waals surface area contributed by atoms with Gasteiger partial charge in [-0.15, -0.1) is 0 Å². The molecular weight excluding hydrogens is 366 g/mol. The van der Waals surface area contributed by atoms with E-state index in [-0.39, 0.29) is 23.6 Å². The molecule has 6 heteroatoms. The SMILES string of the molecule is CC(=O)Nc1ccc(NC(=O)C2CCN(C(=O)/C=C/c3ccccc3)CC2)cc1. The second kappa shape index (κ2) is 9.68. The van der Waals surface area contributed by atoms with Crippen molar-refractivity contribution in [3.63, 3.8) is 0 Å². The van der Waals surface area contributed by atoms with Crippen LogP contribution in [-0.2, 0) is 14.4 Å². The standard InChI is InChI=1S/C23H25N3O3/c1-17(27)24-20-8-10-21(11-9-20)25-23(29)19-13-15-26(16-14-19)22(28)12-7-18-5-3-2-4-6-18/h2-12,19H,13-16H2,1H3,(H,24,27)(H,25,29)/b12-7+. The zero-order valence-electron chi connectivity index (χ0n) is 16.4. The van der Waals surface area contributed by atoms with E-state index in [1.54, 1.807) is 35.2 Å². The molecule has 0 aromatic heterocycles. The fourth-order valence-corrected chi connectivity index (χ4v) is 3.28. The van der Waals surface area contributed by atoms with Gasteiger partial charge in [-0.05, 0) is 48.7 Å². The molecule has 6 nitrogen and oxygen atoms in total. The first-order chi connectivity index (χ1) is 14.0. The summed E-state index contributed by atoms with van der Waals surface area (Å²) in [6.07, 6.45) is 4.68. The lowest BCUT2D eigenvalue weighted by atomic mass is 9.95. The second-order valence-electron chi connectivity index (χ2n) is 7.09. The smallest absolute Gasteiger partial charge is 0.246 e. The van der Waals surface area contributed by atoms with Crippen molar-refractivity contribution >= 4 is 35.2 Å². The van der Waals surface area contributed by atoms with Crippen molar-refractivity contribution in [2.45, 2.75) is 19.8 Å². The van der Waals surface area contributed by atoms with E-state index >= 15 is 0 Å². The number of hydrogen-bond donors (Lipinski definition) is 2. The van der Waals surface area contributed by atoms with E-state index < -0.39 is 0 Å². The molecule has 3 amide bonds. The minimum Gasteiger partial charge on any atom is -0.339 e. The van der Waals surface area contributed by atoms with Crippen LogP contribution < -0.4 is 10.6 Å². The topological polar surface area (TPSA) is 78.5 Å². The van der Waals surface area contributed by atoms with E-state index in [1.165, 1.54) is 6.92 Å². The van der Waals surface area contributed by atoms with Crippen molar-refractivity contribution in [1.29, 1.82) is 0 Å². The van der Waals surface area contributed by atoms with E-state index in [2.05, 4.69) is 10.6 Å². The van der Waals surface area contributed by atoms with Crippen LogP contribution in [0.25, 0.3) is 6.08 Å². The van der Waals surface area contributed by atoms with Gasteiger partial charge in [0, 0.05) is 43.4 Å². The van der Waals surface area contributed by atoms with Crippen LogP contribution >= 0.6 is 0 Å². The predicted molar refractivity (Wildman–Crippen MR) is 114 cm³/mol. The molecule has 1 aliphatic heterocycles. The van der Waals surface area contributed by atoms with Crippen LogP contribution in [0.2, 0.25) is 0 Å². The molecular formula is C23H25N3O3. The average Bonchev–Trinajstić information content (AvgIpc) is 2.74. The molecule has 0 bridgehead atoms. The Morgan fingerprint density at radius 1 is 0.897 bits per heavy atom. The summed E-state index contributed by atoms with van der Waals surface area (Å²) < 4.78 is 0. The van der Waals surface area contributed by atoms with Gasteiger partial charge in [0.05, 0.1) is 0 Å². The summed E-state index contributed by atoms with van der Waals surface area (Å²) in [5, 5.41) is 5.60. The molecule has 0 unspecified atom stereocenters. The molecule has 1 fully saturated rings. The van der Waals surface area contributed by atoms with Crippen molar-refractivity contribution in [2.75, 3.05) is 23.7 Å². The van der Waals surface area contributed by atoms with Gasteiger partial charge in [0.25, 0.3) is 0 Å². The van der Waals surface area contributed by atoms with Crippen LogP contribution in [0.3, 0.4) is 0 Å². The molecule has 1 saturated heterocycles. The number of likely N-dealkylation sites (tertiary alicyclic amines) is 1. The van der Waals surface area contributed by atoms with Crippen LogP contribution in [-0.4, -0.2) is 35.7 Å². The number of hydrogen-bond acceptors (Lipinski definition) is 3. The molecule has 2 aromatic carbocycles. The van der Waals surface area contributed by atoms with Crippen LogP contribution in [0.1, 0.15) is 25.3 Å². The molecule has 150 valence electrons. The van der Waals surface area contributed by atoms with Crippen molar-refractivity contribution in [2.24, 2.45) is 5.92 Å². The molecule has 0 aliphatic carbocycles. The number of rotatable bonds is 5. The Morgan fingerprint density at radius 2 is 1.48 bits per heavy atom. The first-order valence-electron chi connectivity index (χ1n) is 9.72. The van der Waals surface area contributed by atoms with Crippen molar-refractivity contribution in [3.05, 3.63) is 66.2 Å². The fraction of sp³-hybridized carbons (Fsp3) is 0.261. The fourth-order valence-electron chi connectivity index (χ4n) is 3.28. The van der Waals surface area contributed by atoms with Crippen LogP contribution in [0.4, 0.5) is 11.4 Å². The molecule has 0 atom stereocenters. The second-order valence-corrected chi connectivity index (χ2v) is 7.09. The highest BCUT2D eigenvalue weighted by molar-refractivity contribution is 5.94. The first-order valence-corrected chi connectivity index (χ1v) is 9.72. The number of nitrogens with one attached hydrogen (secondary N) is 2. The molecule has 1 aliphatic rings.